The van der Waals surface area contributed by atoms with Gasteiger partial charge in [-0.05, 0) is 42.5 Å². The van der Waals surface area contributed by atoms with Gasteiger partial charge in [0, 0.05) is 22.9 Å². The van der Waals surface area contributed by atoms with E-state index in [0.29, 0.717) is 22.9 Å². The summed E-state index contributed by atoms with van der Waals surface area (Å²) in [6, 6.07) is 18.4. The van der Waals surface area contributed by atoms with E-state index in [0.717, 1.165) is 28.2 Å². The van der Waals surface area contributed by atoms with Crippen LogP contribution in [0, 0.1) is 0 Å². The highest BCUT2D eigenvalue weighted by Gasteiger charge is 2.20. The molecule has 0 spiro atoms. The number of pyridine rings is 1. The van der Waals surface area contributed by atoms with Crippen molar-refractivity contribution < 1.29 is 26.7 Å². The molecule has 0 unspecified atom stereocenters. The molecule has 3 heterocycles. The van der Waals surface area contributed by atoms with Gasteiger partial charge in [0.1, 0.15) is 5.82 Å². The number of ether oxygens (including phenoxy) is 2. The molecule has 8 heteroatoms. The van der Waals surface area contributed by atoms with E-state index in [9.17, 15) is 4.79 Å². The zero-order valence-corrected chi connectivity index (χ0v) is 16.4. The molecular weight excluding hydrogens is 404 g/mol. The quantitative estimate of drug-likeness (QED) is 0.505. The van der Waals surface area contributed by atoms with E-state index in [1.807, 2.05) is 48.5 Å². The van der Waals surface area contributed by atoms with Crippen LogP contribution >= 0.6 is 0 Å². The summed E-state index contributed by atoms with van der Waals surface area (Å²) in [7, 11) is 0. The average molecular weight is 420 g/mol. The van der Waals surface area contributed by atoms with Crippen molar-refractivity contribution in [3.63, 3.8) is 0 Å². The molecule has 2 aromatic carbocycles. The molecule has 0 saturated heterocycles. The molecule has 5 rings (SSSR count). The Morgan fingerprint density at radius 3 is 2.47 bits per heavy atom. The highest BCUT2D eigenvalue weighted by atomic mass is 35.5. The SMILES string of the molecule is NC(=O)c1ccc(-c2nc(-c3ccc4c(c3)OCO4)c(-c3ccccn3)[nH]2)cc1.[Cl-]. The van der Waals surface area contributed by atoms with E-state index >= 15 is 0 Å². The van der Waals surface area contributed by atoms with E-state index in [1.165, 1.54) is 0 Å². The number of fused-ring (bicyclic) bond motifs is 1. The molecule has 0 radical (unpaired) electrons. The lowest BCUT2D eigenvalue weighted by Gasteiger charge is -2.03. The van der Waals surface area contributed by atoms with Gasteiger partial charge < -0.3 is 32.6 Å². The van der Waals surface area contributed by atoms with Crippen LogP contribution in [0.15, 0.2) is 66.9 Å². The second-order valence-electron chi connectivity index (χ2n) is 6.53. The number of nitrogens with two attached hydrogens (primary N) is 1. The number of aromatic nitrogens is 3. The minimum Gasteiger partial charge on any atom is -1.00 e. The lowest BCUT2D eigenvalue weighted by Crippen LogP contribution is -3.00. The number of benzene rings is 2. The van der Waals surface area contributed by atoms with E-state index in [2.05, 4.69) is 9.97 Å². The lowest BCUT2D eigenvalue weighted by molar-refractivity contribution is -0.0000156. The zero-order chi connectivity index (χ0) is 19.8. The second-order valence-corrected chi connectivity index (χ2v) is 6.53. The van der Waals surface area contributed by atoms with Crippen LogP contribution in [0.2, 0.25) is 0 Å². The van der Waals surface area contributed by atoms with Gasteiger partial charge in [0.2, 0.25) is 12.7 Å². The van der Waals surface area contributed by atoms with Gasteiger partial charge >= 0.3 is 0 Å². The highest BCUT2D eigenvalue weighted by molar-refractivity contribution is 5.93. The van der Waals surface area contributed by atoms with E-state index in [1.54, 1.807) is 18.3 Å². The van der Waals surface area contributed by atoms with Crippen LogP contribution in [-0.4, -0.2) is 27.7 Å². The number of amides is 1. The van der Waals surface area contributed by atoms with Crippen LogP contribution in [0.25, 0.3) is 34.0 Å². The van der Waals surface area contributed by atoms with Crippen molar-refractivity contribution in [3.05, 3.63) is 72.4 Å². The van der Waals surface area contributed by atoms with Crippen LogP contribution in [0.5, 0.6) is 11.5 Å². The first-order chi connectivity index (χ1) is 14.2. The molecule has 2 aromatic heterocycles. The Hall–Kier alpha value is -3.84. The fraction of sp³-hybridized carbons (Fsp3) is 0.0455. The van der Waals surface area contributed by atoms with Gasteiger partial charge in [-0.2, -0.15) is 0 Å². The largest absolute Gasteiger partial charge is 1.00 e. The number of hydrogen-bond donors (Lipinski definition) is 2. The summed E-state index contributed by atoms with van der Waals surface area (Å²) in [6.45, 7) is 0.212. The first-order valence-electron chi connectivity index (χ1n) is 9.01. The van der Waals surface area contributed by atoms with Crippen molar-refractivity contribution in [1.29, 1.82) is 0 Å². The molecule has 0 saturated carbocycles. The molecule has 1 aliphatic rings. The van der Waals surface area contributed by atoms with Gasteiger partial charge in [-0.1, -0.05) is 18.2 Å². The molecule has 4 aromatic rings. The van der Waals surface area contributed by atoms with Crippen molar-refractivity contribution in [2.45, 2.75) is 0 Å². The van der Waals surface area contributed by atoms with Crippen molar-refractivity contribution >= 4 is 5.91 Å². The molecule has 30 heavy (non-hydrogen) atoms. The Labute approximate surface area is 178 Å². The molecule has 0 atom stereocenters. The highest BCUT2D eigenvalue weighted by Crippen LogP contribution is 2.38. The smallest absolute Gasteiger partial charge is 0.248 e. The molecule has 1 amide bonds. The molecule has 7 nitrogen and oxygen atoms in total. The van der Waals surface area contributed by atoms with E-state index in [4.69, 9.17) is 20.2 Å². The topological polar surface area (TPSA) is 103 Å². The normalized spacial score (nSPS) is 11.7. The van der Waals surface area contributed by atoms with Crippen LogP contribution in [0.3, 0.4) is 0 Å². The monoisotopic (exact) mass is 419 g/mol. The van der Waals surface area contributed by atoms with Crippen LogP contribution < -0.4 is 27.6 Å². The van der Waals surface area contributed by atoms with E-state index < -0.39 is 5.91 Å². The maximum absolute atomic E-state index is 11.3. The van der Waals surface area contributed by atoms with Crippen molar-refractivity contribution in [1.82, 2.24) is 15.0 Å². The minimum absolute atomic E-state index is 0. The van der Waals surface area contributed by atoms with Gasteiger partial charge in [0.05, 0.1) is 17.1 Å². The number of nitrogens with zero attached hydrogens (tertiary/aromatic N) is 2. The Bertz CT molecular complexity index is 1210. The lowest BCUT2D eigenvalue weighted by atomic mass is 10.1. The molecule has 150 valence electrons. The zero-order valence-electron chi connectivity index (χ0n) is 15.6. The number of rotatable bonds is 4. The standard InChI is InChI=1S/C22H16N4O3.ClH/c23-21(27)13-4-6-14(7-5-13)22-25-19(20(26-22)16-3-1-2-10-24-16)15-8-9-17-18(11-15)29-12-28-17;/h1-11H,12H2,(H2,23,27)(H,25,26);1H/p-1. The first kappa shape index (κ1) is 19.5. The molecule has 0 aliphatic carbocycles. The Kier molecular flexibility index (Phi) is 5.12. The number of H-pyrrole nitrogens is 1. The summed E-state index contributed by atoms with van der Waals surface area (Å²) in [5, 5.41) is 0. The first-order valence-corrected chi connectivity index (χ1v) is 9.01. The number of primary amides is 1. The Morgan fingerprint density at radius 2 is 1.73 bits per heavy atom. The summed E-state index contributed by atoms with van der Waals surface area (Å²) >= 11 is 0. The summed E-state index contributed by atoms with van der Waals surface area (Å²) in [6.07, 6.45) is 1.74. The number of hydrogen-bond acceptors (Lipinski definition) is 5. The fourth-order valence-corrected chi connectivity index (χ4v) is 3.25. The third-order valence-corrected chi connectivity index (χ3v) is 4.71. The van der Waals surface area contributed by atoms with Gasteiger partial charge in [-0.25, -0.2) is 4.98 Å². The predicted octanol–water partition coefficient (Wildman–Crippen LogP) is 0.637. The summed E-state index contributed by atoms with van der Waals surface area (Å²) in [4.78, 5) is 24.0. The number of aromatic amines is 1. The Morgan fingerprint density at radius 1 is 0.967 bits per heavy atom. The molecule has 0 fully saturated rings. The molecule has 1 aliphatic heterocycles. The van der Waals surface area contributed by atoms with E-state index in [-0.39, 0.29) is 19.2 Å². The third-order valence-electron chi connectivity index (χ3n) is 4.71. The average Bonchev–Trinajstić information content (AvgIpc) is 3.41. The summed E-state index contributed by atoms with van der Waals surface area (Å²) in [5.74, 6) is 1.59. The number of nitrogens with one attached hydrogen (secondary N) is 1. The maximum Gasteiger partial charge on any atom is 0.248 e. The van der Waals surface area contributed by atoms with Gasteiger partial charge in [-0.15, -0.1) is 0 Å². The van der Waals surface area contributed by atoms with Crippen LogP contribution in [0.4, 0.5) is 0 Å². The van der Waals surface area contributed by atoms with Gasteiger partial charge in [0.15, 0.2) is 11.5 Å². The fourth-order valence-electron chi connectivity index (χ4n) is 3.25. The molecule has 0 bridgehead atoms. The van der Waals surface area contributed by atoms with Crippen molar-refractivity contribution in [2.24, 2.45) is 5.73 Å². The number of carbonyl (C=O) groups is 1. The van der Waals surface area contributed by atoms with Gasteiger partial charge in [0.25, 0.3) is 0 Å². The van der Waals surface area contributed by atoms with Crippen molar-refractivity contribution in [3.8, 4) is 45.5 Å². The second kappa shape index (κ2) is 7.88. The number of imidazole rings is 1. The van der Waals surface area contributed by atoms with Crippen molar-refractivity contribution in [2.75, 3.05) is 6.79 Å². The number of halogens is 1. The summed E-state index contributed by atoms with van der Waals surface area (Å²) in [5.41, 5.74) is 9.80. The van der Waals surface area contributed by atoms with Crippen LogP contribution in [-0.2, 0) is 0 Å². The Balaban J connectivity index is 0.00000218. The minimum atomic E-state index is -0.466. The molecular formula is C22H16ClN4O3-. The number of carbonyl (C=O) groups excluding carboxylic acids is 1. The van der Waals surface area contributed by atoms with Crippen LogP contribution in [0.1, 0.15) is 10.4 Å². The summed E-state index contributed by atoms with van der Waals surface area (Å²) < 4.78 is 10.9. The third kappa shape index (κ3) is 3.46. The maximum atomic E-state index is 11.3. The van der Waals surface area contributed by atoms with Gasteiger partial charge in [-0.3, -0.25) is 9.78 Å². The molecule has 3 N–H and O–H groups in total. The predicted molar refractivity (Wildman–Crippen MR) is 107 cm³/mol.